The zero-order valence-corrected chi connectivity index (χ0v) is 12.9. The van der Waals surface area contributed by atoms with Crippen LogP contribution in [0.5, 0.6) is 0 Å². The summed E-state index contributed by atoms with van der Waals surface area (Å²) < 4.78 is 0. The van der Waals surface area contributed by atoms with Gasteiger partial charge in [0.05, 0.1) is 0 Å². The Morgan fingerprint density at radius 2 is 1.89 bits per heavy atom. The van der Waals surface area contributed by atoms with Crippen molar-refractivity contribution in [1.82, 2.24) is 4.90 Å². The number of likely N-dealkylation sites (tertiary alicyclic amines) is 1. The van der Waals surface area contributed by atoms with E-state index < -0.39 is 0 Å². The van der Waals surface area contributed by atoms with Crippen LogP contribution in [0.25, 0.3) is 0 Å². The van der Waals surface area contributed by atoms with E-state index in [1.54, 1.807) is 0 Å². The van der Waals surface area contributed by atoms with Crippen LogP contribution in [0.15, 0.2) is 12.1 Å². The van der Waals surface area contributed by atoms with E-state index in [1.165, 1.54) is 48.2 Å². The quantitative estimate of drug-likeness (QED) is 0.903. The third-order valence-corrected chi connectivity index (χ3v) is 4.59. The van der Waals surface area contributed by atoms with Crippen molar-refractivity contribution in [3.63, 3.8) is 0 Å². The van der Waals surface area contributed by atoms with Crippen LogP contribution < -0.4 is 5.73 Å². The fraction of sp³-hybridized carbons (Fsp3) is 0.647. The predicted octanol–water partition coefficient (Wildman–Crippen LogP) is 3.34. The summed E-state index contributed by atoms with van der Waals surface area (Å²) in [5.41, 5.74) is 11.7. The van der Waals surface area contributed by atoms with Gasteiger partial charge in [0.15, 0.2) is 0 Å². The van der Waals surface area contributed by atoms with Gasteiger partial charge in [-0.1, -0.05) is 19.1 Å². The van der Waals surface area contributed by atoms with E-state index in [0.717, 1.165) is 12.5 Å². The molecule has 1 fully saturated rings. The van der Waals surface area contributed by atoms with Crippen LogP contribution in [0.2, 0.25) is 0 Å². The van der Waals surface area contributed by atoms with Crippen molar-refractivity contribution in [3.8, 4) is 0 Å². The molecule has 1 saturated heterocycles. The van der Waals surface area contributed by atoms with Gasteiger partial charge in [0.1, 0.15) is 0 Å². The van der Waals surface area contributed by atoms with Crippen LogP contribution in [0.1, 0.15) is 48.1 Å². The van der Waals surface area contributed by atoms with Gasteiger partial charge in [0.2, 0.25) is 0 Å². The Kier molecular flexibility index (Phi) is 4.64. The highest BCUT2D eigenvalue weighted by Crippen LogP contribution is 2.29. The molecule has 0 amide bonds. The van der Waals surface area contributed by atoms with Crippen LogP contribution in [-0.2, 0) is 0 Å². The number of nitrogens with zero attached hydrogens (tertiary/aromatic N) is 1. The summed E-state index contributed by atoms with van der Waals surface area (Å²) in [4.78, 5) is 2.59. The lowest BCUT2D eigenvalue weighted by atomic mass is 9.92. The Labute approximate surface area is 118 Å². The molecule has 1 aromatic carbocycles. The van der Waals surface area contributed by atoms with Gasteiger partial charge in [-0.2, -0.15) is 0 Å². The second kappa shape index (κ2) is 6.06. The van der Waals surface area contributed by atoms with Gasteiger partial charge in [-0.25, -0.2) is 0 Å². The molecule has 0 bridgehead atoms. The molecule has 2 N–H and O–H groups in total. The van der Waals surface area contributed by atoms with E-state index in [2.05, 4.69) is 44.7 Å². The minimum Gasteiger partial charge on any atom is -0.329 e. The molecule has 1 aliphatic rings. The first-order chi connectivity index (χ1) is 9.02. The summed E-state index contributed by atoms with van der Waals surface area (Å²) in [6.07, 6.45) is 2.67. The van der Waals surface area contributed by atoms with Gasteiger partial charge in [0.25, 0.3) is 0 Å². The van der Waals surface area contributed by atoms with Crippen LogP contribution in [0.4, 0.5) is 0 Å². The standard InChI is InChI=1S/C17H28N2/c1-12-6-5-7-19(11-12)17(10-18)16-9-14(3)13(2)8-15(16)4/h8-9,12,17H,5-7,10-11,18H2,1-4H3. The van der Waals surface area contributed by atoms with E-state index in [9.17, 15) is 0 Å². The third-order valence-electron chi connectivity index (χ3n) is 4.59. The molecule has 0 aromatic heterocycles. The number of hydrogen-bond acceptors (Lipinski definition) is 2. The molecule has 2 heteroatoms. The van der Waals surface area contributed by atoms with Gasteiger partial charge in [-0.05, 0) is 68.3 Å². The fourth-order valence-electron chi connectivity index (χ4n) is 3.32. The maximum Gasteiger partial charge on any atom is 0.0473 e. The molecule has 1 aliphatic heterocycles. The average molecular weight is 260 g/mol. The van der Waals surface area contributed by atoms with Gasteiger partial charge in [-0.3, -0.25) is 4.90 Å². The molecule has 0 radical (unpaired) electrons. The lowest BCUT2D eigenvalue weighted by molar-refractivity contribution is 0.133. The van der Waals surface area contributed by atoms with E-state index in [4.69, 9.17) is 5.73 Å². The molecule has 19 heavy (non-hydrogen) atoms. The van der Waals surface area contributed by atoms with Crippen molar-refractivity contribution in [2.45, 2.75) is 46.6 Å². The summed E-state index contributed by atoms with van der Waals surface area (Å²) in [5.74, 6) is 0.801. The van der Waals surface area contributed by atoms with Crippen molar-refractivity contribution < 1.29 is 0 Å². The van der Waals surface area contributed by atoms with Crippen LogP contribution in [0.3, 0.4) is 0 Å². The minimum absolute atomic E-state index is 0.391. The summed E-state index contributed by atoms with van der Waals surface area (Å²) in [5, 5.41) is 0. The Morgan fingerprint density at radius 1 is 1.21 bits per heavy atom. The van der Waals surface area contributed by atoms with Crippen molar-refractivity contribution in [2.24, 2.45) is 11.7 Å². The lowest BCUT2D eigenvalue weighted by Gasteiger charge is -2.37. The molecular weight excluding hydrogens is 232 g/mol. The van der Waals surface area contributed by atoms with Gasteiger partial charge in [-0.15, -0.1) is 0 Å². The van der Waals surface area contributed by atoms with Crippen LogP contribution >= 0.6 is 0 Å². The smallest absolute Gasteiger partial charge is 0.0473 e. The van der Waals surface area contributed by atoms with Crippen molar-refractivity contribution >= 4 is 0 Å². The Hall–Kier alpha value is -0.860. The predicted molar refractivity (Wildman–Crippen MR) is 82.4 cm³/mol. The first-order valence-corrected chi connectivity index (χ1v) is 7.54. The first kappa shape index (κ1) is 14.5. The molecule has 2 atom stereocenters. The zero-order chi connectivity index (χ0) is 14.0. The second-order valence-electron chi connectivity index (χ2n) is 6.29. The van der Waals surface area contributed by atoms with Crippen molar-refractivity contribution in [2.75, 3.05) is 19.6 Å². The molecular formula is C17H28N2. The normalized spacial score (nSPS) is 22.5. The van der Waals surface area contributed by atoms with Gasteiger partial charge >= 0.3 is 0 Å². The highest BCUT2D eigenvalue weighted by Gasteiger charge is 2.25. The summed E-state index contributed by atoms with van der Waals surface area (Å²) in [7, 11) is 0. The lowest BCUT2D eigenvalue weighted by Crippen LogP contribution is -2.40. The molecule has 2 nitrogen and oxygen atoms in total. The van der Waals surface area contributed by atoms with Crippen LogP contribution in [0, 0.1) is 26.7 Å². The van der Waals surface area contributed by atoms with Gasteiger partial charge in [0, 0.05) is 19.1 Å². The zero-order valence-electron chi connectivity index (χ0n) is 12.9. The summed E-state index contributed by atoms with van der Waals surface area (Å²) >= 11 is 0. The number of hydrogen-bond donors (Lipinski definition) is 1. The molecule has 1 aromatic rings. The fourth-order valence-corrected chi connectivity index (χ4v) is 3.32. The minimum atomic E-state index is 0.391. The molecule has 106 valence electrons. The Balaban J connectivity index is 2.28. The maximum atomic E-state index is 6.10. The third kappa shape index (κ3) is 3.18. The summed E-state index contributed by atoms with van der Waals surface area (Å²) in [6.45, 7) is 12.1. The molecule has 2 rings (SSSR count). The molecule has 0 saturated carbocycles. The van der Waals surface area contributed by atoms with Crippen molar-refractivity contribution in [1.29, 1.82) is 0 Å². The number of benzene rings is 1. The van der Waals surface area contributed by atoms with E-state index in [0.29, 0.717) is 6.04 Å². The highest BCUT2D eigenvalue weighted by atomic mass is 15.2. The first-order valence-electron chi connectivity index (χ1n) is 7.54. The largest absolute Gasteiger partial charge is 0.329 e. The summed E-state index contributed by atoms with van der Waals surface area (Å²) in [6, 6.07) is 5.05. The van der Waals surface area contributed by atoms with E-state index in [-0.39, 0.29) is 0 Å². The highest BCUT2D eigenvalue weighted by molar-refractivity contribution is 5.38. The average Bonchev–Trinajstić information content (AvgIpc) is 2.36. The number of rotatable bonds is 3. The monoisotopic (exact) mass is 260 g/mol. The number of nitrogens with two attached hydrogens (primary N) is 1. The van der Waals surface area contributed by atoms with E-state index in [1.807, 2.05) is 0 Å². The molecule has 2 unspecified atom stereocenters. The van der Waals surface area contributed by atoms with Gasteiger partial charge < -0.3 is 5.73 Å². The van der Waals surface area contributed by atoms with Crippen molar-refractivity contribution in [3.05, 3.63) is 34.4 Å². The molecule has 1 heterocycles. The molecule has 0 aliphatic carbocycles. The molecule has 0 spiro atoms. The number of aryl methyl sites for hydroxylation is 3. The topological polar surface area (TPSA) is 29.3 Å². The number of piperidine rings is 1. The van der Waals surface area contributed by atoms with E-state index >= 15 is 0 Å². The maximum absolute atomic E-state index is 6.10. The SMILES string of the molecule is Cc1cc(C)c(C(CN)N2CCCC(C)C2)cc1C. The Bertz CT molecular complexity index is 439. The Morgan fingerprint density at radius 3 is 2.53 bits per heavy atom. The second-order valence-corrected chi connectivity index (χ2v) is 6.29. The van der Waals surface area contributed by atoms with Crippen LogP contribution in [-0.4, -0.2) is 24.5 Å².